The molecular weight excluding hydrogens is 214 g/mol. The van der Waals surface area contributed by atoms with E-state index in [-0.39, 0.29) is 5.91 Å². The van der Waals surface area contributed by atoms with E-state index in [9.17, 15) is 4.79 Å². The van der Waals surface area contributed by atoms with Crippen LogP contribution in [0.25, 0.3) is 0 Å². The first-order valence-electron chi connectivity index (χ1n) is 5.52. The van der Waals surface area contributed by atoms with E-state index < -0.39 is 0 Å². The number of amides is 1. The maximum Gasteiger partial charge on any atom is 0.253 e. The first kappa shape index (κ1) is 13.1. The third kappa shape index (κ3) is 3.52. The summed E-state index contributed by atoms with van der Waals surface area (Å²) in [5, 5.41) is 2.83. The average Bonchev–Trinajstić information content (AvgIpc) is 2.28. The SMILES string of the molecule is C=CCCNC(=O)c1cc(N)ccc1N(C)C. The van der Waals surface area contributed by atoms with Gasteiger partial charge in [0.25, 0.3) is 5.91 Å². The largest absolute Gasteiger partial charge is 0.399 e. The number of benzene rings is 1. The van der Waals surface area contributed by atoms with E-state index in [0.29, 0.717) is 17.8 Å². The van der Waals surface area contributed by atoms with Crippen molar-refractivity contribution < 1.29 is 4.79 Å². The lowest BCUT2D eigenvalue weighted by Gasteiger charge is -2.17. The van der Waals surface area contributed by atoms with Gasteiger partial charge >= 0.3 is 0 Å². The highest BCUT2D eigenvalue weighted by atomic mass is 16.1. The number of nitrogen functional groups attached to an aromatic ring is 1. The summed E-state index contributed by atoms with van der Waals surface area (Å²) >= 11 is 0. The summed E-state index contributed by atoms with van der Waals surface area (Å²) in [6.07, 6.45) is 2.53. The highest BCUT2D eigenvalue weighted by Crippen LogP contribution is 2.21. The van der Waals surface area contributed by atoms with Crippen LogP contribution in [-0.4, -0.2) is 26.5 Å². The van der Waals surface area contributed by atoms with Crippen LogP contribution in [0.15, 0.2) is 30.9 Å². The minimum absolute atomic E-state index is 0.108. The molecule has 0 unspecified atom stereocenters. The minimum Gasteiger partial charge on any atom is -0.399 e. The first-order valence-corrected chi connectivity index (χ1v) is 5.52. The summed E-state index contributed by atoms with van der Waals surface area (Å²) in [4.78, 5) is 13.9. The summed E-state index contributed by atoms with van der Waals surface area (Å²) in [5.41, 5.74) is 7.75. The molecule has 0 heterocycles. The number of carbonyl (C=O) groups is 1. The second kappa shape index (κ2) is 5.94. The number of anilines is 2. The fraction of sp³-hybridized carbons (Fsp3) is 0.308. The molecule has 1 aromatic rings. The van der Waals surface area contributed by atoms with Gasteiger partial charge in [-0.2, -0.15) is 0 Å². The van der Waals surface area contributed by atoms with Gasteiger partial charge in [0.2, 0.25) is 0 Å². The Hall–Kier alpha value is -1.97. The summed E-state index contributed by atoms with van der Waals surface area (Å²) in [6, 6.07) is 5.33. The number of hydrogen-bond acceptors (Lipinski definition) is 3. The van der Waals surface area contributed by atoms with Crippen molar-refractivity contribution >= 4 is 17.3 Å². The van der Waals surface area contributed by atoms with Crippen LogP contribution in [-0.2, 0) is 0 Å². The third-order valence-corrected chi connectivity index (χ3v) is 2.38. The van der Waals surface area contributed by atoms with Gasteiger partial charge in [0, 0.05) is 32.0 Å². The third-order valence-electron chi connectivity index (χ3n) is 2.38. The molecule has 0 spiro atoms. The van der Waals surface area contributed by atoms with Crippen LogP contribution < -0.4 is 16.0 Å². The lowest BCUT2D eigenvalue weighted by molar-refractivity contribution is 0.0955. The Kier molecular flexibility index (Phi) is 4.57. The lowest BCUT2D eigenvalue weighted by Crippen LogP contribution is -2.26. The predicted molar refractivity (Wildman–Crippen MR) is 72.3 cm³/mol. The quantitative estimate of drug-likeness (QED) is 0.462. The molecule has 0 saturated carbocycles. The first-order chi connectivity index (χ1) is 8.06. The Morgan fingerprint density at radius 3 is 2.82 bits per heavy atom. The van der Waals surface area contributed by atoms with Gasteiger partial charge in [-0.25, -0.2) is 0 Å². The van der Waals surface area contributed by atoms with Crippen molar-refractivity contribution in [2.75, 3.05) is 31.3 Å². The molecule has 1 amide bonds. The molecule has 0 saturated heterocycles. The van der Waals surface area contributed by atoms with E-state index in [1.165, 1.54) is 0 Å². The summed E-state index contributed by atoms with van der Waals surface area (Å²) in [6.45, 7) is 4.20. The molecule has 92 valence electrons. The molecule has 17 heavy (non-hydrogen) atoms. The van der Waals surface area contributed by atoms with Crippen LogP contribution in [0.3, 0.4) is 0 Å². The van der Waals surface area contributed by atoms with E-state index >= 15 is 0 Å². The molecule has 4 nitrogen and oxygen atoms in total. The average molecular weight is 233 g/mol. The fourth-order valence-electron chi connectivity index (χ4n) is 1.51. The molecule has 4 heteroatoms. The van der Waals surface area contributed by atoms with Crippen molar-refractivity contribution in [1.29, 1.82) is 0 Å². The van der Waals surface area contributed by atoms with Crippen LogP contribution in [0, 0.1) is 0 Å². The van der Waals surface area contributed by atoms with Gasteiger partial charge in [0.1, 0.15) is 0 Å². The molecule has 1 aromatic carbocycles. The topological polar surface area (TPSA) is 58.4 Å². The Morgan fingerprint density at radius 2 is 2.24 bits per heavy atom. The van der Waals surface area contributed by atoms with E-state index in [4.69, 9.17) is 5.73 Å². The number of carbonyl (C=O) groups excluding carboxylic acids is 1. The second-order valence-electron chi connectivity index (χ2n) is 4.00. The van der Waals surface area contributed by atoms with Crippen molar-refractivity contribution in [3.05, 3.63) is 36.4 Å². The zero-order valence-electron chi connectivity index (χ0n) is 10.4. The maximum atomic E-state index is 12.0. The van der Waals surface area contributed by atoms with Crippen molar-refractivity contribution in [2.45, 2.75) is 6.42 Å². The molecule has 0 atom stereocenters. The zero-order chi connectivity index (χ0) is 12.8. The highest BCUT2D eigenvalue weighted by molar-refractivity contribution is 6.00. The van der Waals surface area contributed by atoms with Crippen LogP contribution >= 0.6 is 0 Å². The van der Waals surface area contributed by atoms with E-state index in [2.05, 4.69) is 11.9 Å². The fourth-order valence-corrected chi connectivity index (χ4v) is 1.51. The molecule has 3 N–H and O–H groups in total. The van der Waals surface area contributed by atoms with Gasteiger partial charge in [-0.05, 0) is 24.6 Å². The second-order valence-corrected chi connectivity index (χ2v) is 4.00. The number of nitrogens with zero attached hydrogens (tertiary/aromatic N) is 1. The summed E-state index contributed by atoms with van der Waals surface area (Å²) in [7, 11) is 3.79. The standard InChI is InChI=1S/C13H19N3O/c1-4-5-8-15-13(17)11-9-10(14)6-7-12(11)16(2)3/h4,6-7,9H,1,5,8,14H2,2-3H3,(H,15,17). The van der Waals surface area contributed by atoms with Crippen molar-refractivity contribution in [3.8, 4) is 0 Å². The Morgan fingerprint density at radius 1 is 1.53 bits per heavy atom. The molecular formula is C13H19N3O. The number of nitrogens with two attached hydrogens (primary N) is 1. The molecule has 0 aliphatic heterocycles. The Labute approximate surface area is 102 Å². The Balaban J connectivity index is 2.90. The lowest BCUT2D eigenvalue weighted by atomic mass is 10.1. The van der Waals surface area contributed by atoms with E-state index in [0.717, 1.165) is 12.1 Å². The van der Waals surface area contributed by atoms with E-state index in [1.54, 1.807) is 18.2 Å². The normalized spacial score (nSPS) is 9.76. The number of rotatable bonds is 5. The number of nitrogens with one attached hydrogen (secondary N) is 1. The smallest absolute Gasteiger partial charge is 0.253 e. The van der Waals surface area contributed by atoms with Crippen molar-refractivity contribution in [2.24, 2.45) is 0 Å². The van der Waals surface area contributed by atoms with Crippen LogP contribution in [0.4, 0.5) is 11.4 Å². The molecule has 0 bridgehead atoms. The van der Waals surface area contributed by atoms with Crippen LogP contribution in [0.5, 0.6) is 0 Å². The van der Waals surface area contributed by atoms with E-state index in [1.807, 2.05) is 25.1 Å². The van der Waals surface area contributed by atoms with Crippen molar-refractivity contribution in [1.82, 2.24) is 5.32 Å². The molecule has 0 aromatic heterocycles. The van der Waals surface area contributed by atoms with Crippen LogP contribution in [0.1, 0.15) is 16.8 Å². The van der Waals surface area contributed by atoms with Gasteiger partial charge in [0.05, 0.1) is 5.56 Å². The molecule has 0 aliphatic rings. The molecule has 0 fully saturated rings. The molecule has 0 aliphatic carbocycles. The monoisotopic (exact) mass is 233 g/mol. The maximum absolute atomic E-state index is 12.0. The Bertz CT molecular complexity index is 413. The van der Waals surface area contributed by atoms with Gasteiger partial charge in [-0.15, -0.1) is 6.58 Å². The molecule has 0 radical (unpaired) electrons. The summed E-state index contributed by atoms with van der Waals surface area (Å²) < 4.78 is 0. The minimum atomic E-state index is -0.108. The number of hydrogen-bond donors (Lipinski definition) is 2. The van der Waals surface area contributed by atoms with Crippen LogP contribution in [0.2, 0.25) is 0 Å². The zero-order valence-corrected chi connectivity index (χ0v) is 10.4. The van der Waals surface area contributed by atoms with Crippen molar-refractivity contribution in [3.63, 3.8) is 0 Å². The summed E-state index contributed by atoms with van der Waals surface area (Å²) in [5.74, 6) is -0.108. The van der Waals surface area contributed by atoms with Gasteiger partial charge in [0.15, 0.2) is 0 Å². The van der Waals surface area contributed by atoms with Gasteiger partial charge in [-0.1, -0.05) is 6.08 Å². The van der Waals surface area contributed by atoms with Gasteiger partial charge in [-0.3, -0.25) is 4.79 Å². The highest BCUT2D eigenvalue weighted by Gasteiger charge is 2.12. The predicted octanol–water partition coefficient (Wildman–Crippen LogP) is 1.64. The molecule has 1 rings (SSSR count). The van der Waals surface area contributed by atoms with Gasteiger partial charge < -0.3 is 16.0 Å².